The van der Waals surface area contributed by atoms with Crippen molar-refractivity contribution in [2.75, 3.05) is 19.0 Å². The summed E-state index contributed by atoms with van der Waals surface area (Å²) in [5, 5.41) is 5.37. The van der Waals surface area contributed by atoms with Gasteiger partial charge in [-0.2, -0.15) is 0 Å². The Morgan fingerprint density at radius 3 is 2.32 bits per heavy atom. The van der Waals surface area contributed by atoms with Gasteiger partial charge in [0, 0.05) is 12.7 Å². The van der Waals surface area contributed by atoms with Crippen molar-refractivity contribution in [1.29, 1.82) is 0 Å². The SMILES string of the molecule is CNC(=O)Cc1ccc(NC(=O)COc2ccccc2C(C)C)cc1. The maximum atomic E-state index is 12.1. The van der Waals surface area contributed by atoms with E-state index in [1.807, 2.05) is 36.4 Å². The molecule has 0 heterocycles. The molecule has 5 heteroatoms. The number of carbonyl (C=O) groups is 2. The average molecular weight is 340 g/mol. The Labute approximate surface area is 148 Å². The Balaban J connectivity index is 1.89. The zero-order valence-corrected chi connectivity index (χ0v) is 14.8. The van der Waals surface area contributed by atoms with Crippen LogP contribution < -0.4 is 15.4 Å². The summed E-state index contributed by atoms with van der Waals surface area (Å²) in [6.45, 7) is 4.12. The van der Waals surface area contributed by atoms with Crippen LogP contribution in [0.3, 0.4) is 0 Å². The van der Waals surface area contributed by atoms with Crippen LogP contribution in [-0.2, 0) is 16.0 Å². The molecule has 2 aromatic carbocycles. The third-order valence-corrected chi connectivity index (χ3v) is 3.78. The molecule has 2 amide bonds. The monoisotopic (exact) mass is 340 g/mol. The van der Waals surface area contributed by atoms with E-state index in [-0.39, 0.29) is 18.4 Å². The predicted octanol–water partition coefficient (Wildman–Crippen LogP) is 3.12. The zero-order valence-electron chi connectivity index (χ0n) is 14.8. The zero-order chi connectivity index (χ0) is 18.2. The number of amides is 2. The molecule has 0 bridgehead atoms. The van der Waals surface area contributed by atoms with E-state index in [1.165, 1.54) is 0 Å². The maximum Gasteiger partial charge on any atom is 0.262 e. The molecule has 0 saturated carbocycles. The number of hydrogen-bond donors (Lipinski definition) is 2. The summed E-state index contributed by atoms with van der Waals surface area (Å²) in [6.07, 6.45) is 0.319. The lowest BCUT2D eigenvalue weighted by Gasteiger charge is -2.13. The Morgan fingerprint density at radius 2 is 1.68 bits per heavy atom. The number of carbonyl (C=O) groups excluding carboxylic acids is 2. The van der Waals surface area contributed by atoms with E-state index >= 15 is 0 Å². The fourth-order valence-electron chi connectivity index (χ4n) is 2.41. The fraction of sp³-hybridized carbons (Fsp3) is 0.300. The molecule has 0 aliphatic rings. The van der Waals surface area contributed by atoms with E-state index in [9.17, 15) is 9.59 Å². The summed E-state index contributed by atoms with van der Waals surface area (Å²) >= 11 is 0. The first-order valence-corrected chi connectivity index (χ1v) is 8.30. The largest absolute Gasteiger partial charge is 0.483 e. The highest BCUT2D eigenvalue weighted by atomic mass is 16.5. The van der Waals surface area contributed by atoms with Crippen molar-refractivity contribution in [3.63, 3.8) is 0 Å². The molecule has 132 valence electrons. The second-order valence-electron chi connectivity index (χ2n) is 6.08. The number of benzene rings is 2. The topological polar surface area (TPSA) is 67.4 Å². The van der Waals surface area contributed by atoms with Crippen LogP contribution in [0.15, 0.2) is 48.5 Å². The Kier molecular flexibility index (Phi) is 6.57. The lowest BCUT2D eigenvalue weighted by molar-refractivity contribution is -0.120. The molecular formula is C20H24N2O3. The molecule has 2 rings (SSSR count). The quantitative estimate of drug-likeness (QED) is 0.814. The standard InChI is InChI=1S/C20H24N2O3/c1-14(2)17-6-4-5-7-18(17)25-13-20(24)22-16-10-8-15(9-11-16)12-19(23)21-3/h4-11,14H,12-13H2,1-3H3,(H,21,23)(H,22,24). The van der Waals surface area contributed by atoms with Crippen LogP contribution in [0.1, 0.15) is 30.9 Å². The van der Waals surface area contributed by atoms with Gasteiger partial charge in [-0.15, -0.1) is 0 Å². The van der Waals surface area contributed by atoms with E-state index in [0.717, 1.165) is 16.9 Å². The molecule has 0 saturated heterocycles. The van der Waals surface area contributed by atoms with Gasteiger partial charge in [0.15, 0.2) is 6.61 Å². The summed E-state index contributed by atoms with van der Waals surface area (Å²) in [4.78, 5) is 23.4. The third-order valence-electron chi connectivity index (χ3n) is 3.78. The van der Waals surface area contributed by atoms with Gasteiger partial charge in [0.2, 0.25) is 5.91 Å². The van der Waals surface area contributed by atoms with Gasteiger partial charge in [-0.1, -0.05) is 44.2 Å². The Hall–Kier alpha value is -2.82. The molecule has 0 radical (unpaired) electrons. The number of nitrogens with one attached hydrogen (secondary N) is 2. The van der Waals surface area contributed by atoms with E-state index in [0.29, 0.717) is 18.0 Å². The second-order valence-corrected chi connectivity index (χ2v) is 6.08. The van der Waals surface area contributed by atoms with Crippen molar-refractivity contribution < 1.29 is 14.3 Å². The molecule has 0 aromatic heterocycles. The summed E-state index contributed by atoms with van der Waals surface area (Å²) < 4.78 is 5.66. The first-order chi connectivity index (χ1) is 12.0. The van der Waals surface area contributed by atoms with Gasteiger partial charge in [0.1, 0.15) is 5.75 Å². The molecule has 2 N–H and O–H groups in total. The molecule has 0 aliphatic heterocycles. The number of rotatable bonds is 7. The number of hydrogen-bond acceptors (Lipinski definition) is 3. The highest BCUT2D eigenvalue weighted by Gasteiger charge is 2.09. The summed E-state index contributed by atoms with van der Waals surface area (Å²) in [5.41, 5.74) is 2.64. The molecule has 0 spiro atoms. The summed E-state index contributed by atoms with van der Waals surface area (Å²) in [5.74, 6) is 0.785. The van der Waals surface area contributed by atoms with Crippen LogP contribution in [0, 0.1) is 0 Å². The number of likely N-dealkylation sites (N-methyl/N-ethyl adjacent to an activating group) is 1. The minimum atomic E-state index is -0.224. The van der Waals surface area contributed by atoms with Crippen molar-refractivity contribution in [2.45, 2.75) is 26.2 Å². The van der Waals surface area contributed by atoms with Crippen LogP contribution in [0.25, 0.3) is 0 Å². The normalized spacial score (nSPS) is 10.4. The van der Waals surface area contributed by atoms with Gasteiger partial charge in [-0.05, 0) is 35.2 Å². The highest BCUT2D eigenvalue weighted by Crippen LogP contribution is 2.25. The van der Waals surface area contributed by atoms with Crippen LogP contribution in [0.2, 0.25) is 0 Å². The average Bonchev–Trinajstić information content (AvgIpc) is 2.61. The van der Waals surface area contributed by atoms with Gasteiger partial charge >= 0.3 is 0 Å². The predicted molar refractivity (Wildman–Crippen MR) is 98.9 cm³/mol. The smallest absolute Gasteiger partial charge is 0.262 e. The van der Waals surface area contributed by atoms with Crippen LogP contribution >= 0.6 is 0 Å². The van der Waals surface area contributed by atoms with Crippen LogP contribution in [-0.4, -0.2) is 25.5 Å². The second kappa shape index (κ2) is 8.87. The summed E-state index contributed by atoms with van der Waals surface area (Å²) in [7, 11) is 1.61. The minimum absolute atomic E-state index is 0.0472. The first kappa shape index (κ1) is 18.5. The van der Waals surface area contributed by atoms with Crippen molar-refractivity contribution in [3.8, 4) is 5.75 Å². The molecule has 0 fully saturated rings. The van der Waals surface area contributed by atoms with Gasteiger partial charge in [-0.3, -0.25) is 9.59 Å². The molecular weight excluding hydrogens is 316 g/mol. The van der Waals surface area contributed by atoms with Crippen molar-refractivity contribution in [2.24, 2.45) is 0 Å². The molecule has 0 aliphatic carbocycles. The molecule has 2 aromatic rings. The van der Waals surface area contributed by atoms with Gasteiger partial charge < -0.3 is 15.4 Å². The number of ether oxygens (including phenoxy) is 1. The van der Waals surface area contributed by atoms with Gasteiger partial charge in [0.25, 0.3) is 5.91 Å². The van der Waals surface area contributed by atoms with Crippen LogP contribution in [0.4, 0.5) is 5.69 Å². The van der Waals surface area contributed by atoms with E-state index in [1.54, 1.807) is 19.2 Å². The Bertz CT molecular complexity index is 724. The Morgan fingerprint density at radius 1 is 1.00 bits per heavy atom. The third kappa shape index (κ3) is 5.64. The van der Waals surface area contributed by atoms with Gasteiger partial charge in [-0.25, -0.2) is 0 Å². The first-order valence-electron chi connectivity index (χ1n) is 8.30. The summed E-state index contributed by atoms with van der Waals surface area (Å²) in [6, 6.07) is 14.9. The lowest BCUT2D eigenvalue weighted by Crippen LogP contribution is -2.21. The number of anilines is 1. The van der Waals surface area contributed by atoms with Crippen molar-refractivity contribution in [1.82, 2.24) is 5.32 Å². The minimum Gasteiger partial charge on any atom is -0.483 e. The fourth-order valence-corrected chi connectivity index (χ4v) is 2.41. The molecule has 0 unspecified atom stereocenters. The maximum absolute atomic E-state index is 12.1. The highest BCUT2D eigenvalue weighted by molar-refractivity contribution is 5.92. The number of para-hydroxylation sites is 1. The van der Waals surface area contributed by atoms with E-state index in [2.05, 4.69) is 24.5 Å². The van der Waals surface area contributed by atoms with E-state index in [4.69, 9.17) is 4.74 Å². The van der Waals surface area contributed by atoms with Gasteiger partial charge in [0.05, 0.1) is 6.42 Å². The van der Waals surface area contributed by atoms with Crippen molar-refractivity contribution >= 4 is 17.5 Å². The molecule has 5 nitrogen and oxygen atoms in total. The van der Waals surface area contributed by atoms with E-state index < -0.39 is 0 Å². The molecule has 0 atom stereocenters. The lowest BCUT2D eigenvalue weighted by atomic mass is 10.0. The van der Waals surface area contributed by atoms with Crippen LogP contribution in [0.5, 0.6) is 5.75 Å². The van der Waals surface area contributed by atoms with Crippen molar-refractivity contribution in [3.05, 3.63) is 59.7 Å². The molecule has 25 heavy (non-hydrogen) atoms.